The van der Waals surface area contributed by atoms with Crippen LogP contribution in [0.25, 0.3) is 6.08 Å². The molecule has 27 heavy (non-hydrogen) atoms. The number of aliphatic hydroxyl groups is 1. The summed E-state index contributed by atoms with van der Waals surface area (Å²) in [5.41, 5.74) is 3.21. The number of hydrogen-bond acceptors (Lipinski definition) is 4. The fourth-order valence-corrected chi connectivity index (χ4v) is 4.74. The number of rotatable bonds is 3. The number of carbonyl (C=O) groups excluding carboxylic acids is 2. The fourth-order valence-electron chi connectivity index (χ4n) is 4.74. The summed E-state index contributed by atoms with van der Waals surface area (Å²) in [7, 11) is 0. The average molecular weight is 367 g/mol. The molecule has 0 spiro atoms. The van der Waals surface area contributed by atoms with Crippen LogP contribution in [0, 0.1) is 0 Å². The minimum Gasteiger partial charge on any atom is -0.387 e. The summed E-state index contributed by atoms with van der Waals surface area (Å²) >= 11 is 0. The van der Waals surface area contributed by atoms with Crippen LogP contribution in [0.2, 0.25) is 0 Å². The van der Waals surface area contributed by atoms with Gasteiger partial charge < -0.3 is 20.6 Å². The lowest BCUT2D eigenvalue weighted by Gasteiger charge is -2.42. The standard InChI is InChI=1S/C21H25N3O3/c1-2-13-7-3-4-8-14(13)20-19-16(11-22-21(19)27)23-15-9-5-6-10-17(15)24(20)18(26)12-25/h2-4,7-8,15,17,20,23,25H,1,5-6,9-12H2,(H,22,27)/t15-,17-,20-/m1/s1. The van der Waals surface area contributed by atoms with Gasteiger partial charge in [-0.15, -0.1) is 0 Å². The topological polar surface area (TPSA) is 81.7 Å². The van der Waals surface area contributed by atoms with Crippen molar-refractivity contribution in [2.45, 2.75) is 43.8 Å². The second-order valence-corrected chi connectivity index (χ2v) is 7.37. The Hall–Kier alpha value is -2.60. The molecule has 1 saturated carbocycles. The van der Waals surface area contributed by atoms with Crippen molar-refractivity contribution >= 4 is 17.9 Å². The van der Waals surface area contributed by atoms with Gasteiger partial charge in [-0.05, 0) is 24.0 Å². The molecule has 0 saturated heterocycles. The molecule has 0 bridgehead atoms. The van der Waals surface area contributed by atoms with E-state index in [1.165, 1.54) is 0 Å². The Morgan fingerprint density at radius 1 is 1.30 bits per heavy atom. The first-order chi connectivity index (χ1) is 13.2. The molecule has 2 heterocycles. The van der Waals surface area contributed by atoms with Crippen molar-refractivity contribution < 1.29 is 14.7 Å². The zero-order valence-electron chi connectivity index (χ0n) is 15.3. The molecule has 3 atom stereocenters. The maximum absolute atomic E-state index is 12.9. The lowest BCUT2D eigenvalue weighted by molar-refractivity contribution is -0.140. The lowest BCUT2D eigenvalue weighted by Crippen LogP contribution is -2.54. The van der Waals surface area contributed by atoms with Crippen molar-refractivity contribution in [2.75, 3.05) is 13.2 Å². The van der Waals surface area contributed by atoms with E-state index in [2.05, 4.69) is 17.2 Å². The van der Waals surface area contributed by atoms with E-state index in [9.17, 15) is 14.7 Å². The van der Waals surface area contributed by atoms with E-state index in [1.54, 1.807) is 11.0 Å². The lowest BCUT2D eigenvalue weighted by atomic mass is 9.86. The molecule has 3 aliphatic rings. The van der Waals surface area contributed by atoms with Crippen LogP contribution >= 0.6 is 0 Å². The Morgan fingerprint density at radius 2 is 2.07 bits per heavy atom. The smallest absolute Gasteiger partial charge is 0.251 e. The van der Waals surface area contributed by atoms with Crippen molar-refractivity contribution in [1.82, 2.24) is 15.5 Å². The highest BCUT2D eigenvalue weighted by molar-refractivity contribution is 5.99. The largest absolute Gasteiger partial charge is 0.387 e. The van der Waals surface area contributed by atoms with Crippen LogP contribution in [0.4, 0.5) is 0 Å². The van der Waals surface area contributed by atoms with Gasteiger partial charge in [0.2, 0.25) is 5.91 Å². The van der Waals surface area contributed by atoms with Gasteiger partial charge in [-0.3, -0.25) is 9.59 Å². The number of aliphatic hydroxyl groups excluding tert-OH is 1. The molecule has 3 N–H and O–H groups in total. The molecule has 2 amide bonds. The maximum atomic E-state index is 12.9. The van der Waals surface area contributed by atoms with Crippen LogP contribution in [0.5, 0.6) is 0 Å². The van der Waals surface area contributed by atoms with Crippen LogP contribution in [0.15, 0.2) is 42.1 Å². The van der Waals surface area contributed by atoms with Gasteiger partial charge in [0.15, 0.2) is 0 Å². The molecule has 6 nitrogen and oxygen atoms in total. The summed E-state index contributed by atoms with van der Waals surface area (Å²) in [5.74, 6) is -0.498. The molecule has 1 fully saturated rings. The molecule has 1 aliphatic carbocycles. The van der Waals surface area contributed by atoms with E-state index in [1.807, 2.05) is 24.3 Å². The molecule has 6 heteroatoms. The predicted octanol–water partition coefficient (Wildman–Crippen LogP) is 1.49. The predicted molar refractivity (Wildman–Crippen MR) is 102 cm³/mol. The second kappa shape index (κ2) is 7.19. The normalized spacial score (nSPS) is 27.2. The molecule has 1 aromatic carbocycles. The highest BCUT2D eigenvalue weighted by Gasteiger charge is 2.46. The van der Waals surface area contributed by atoms with Crippen molar-refractivity contribution in [1.29, 1.82) is 0 Å². The van der Waals surface area contributed by atoms with E-state index >= 15 is 0 Å². The highest BCUT2D eigenvalue weighted by atomic mass is 16.3. The molecule has 0 aromatic heterocycles. The van der Waals surface area contributed by atoms with Gasteiger partial charge in [-0.25, -0.2) is 0 Å². The van der Waals surface area contributed by atoms with Crippen molar-refractivity contribution in [2.24, 2.45) is 0 Å². The maximum Gasteiger partial charge on any atom is 0.251 e. The number of hydrogen-bond donors (Lipinski definition) is 3. The van der Waals surface area contributed by atoms with Crippen LogP contribution in [0.1, 0.15) is 42.9 Å². The Balaban J connectivity index is 1.93. The number of fused-ring (bicyclic) bond motifs is 1. The first-order valence-electron chi connectivity index (χ1n) is 9.57. The zero-order valence-corrected chi connectivity index (χ0v) is 15.3. The van der Waals surface area contributed by atoms with E-state index in [0.717, 1.165) is 42.5 Å². The van der Waals surface area contributed by atoms with E-state index in [4.69, 9.17) is 0 Å². The van der Waals surface area contributed by atoms with Gasteiger partial charge in [0.05, 0.1) is 24.2 Å². The van der Waals surface area contributed by atoms with Gasteiger partial charge in [0.1, 0.15) is 6.61 Å². The van der Waals surface area contributed by atoms with Gasteiger partial charge in [-0.1, -0.05) is 49.8 Å². The number of amides is 2. The number of benzene rings is 1. The third-order valence-corrected chi connectivity index (χ3v) is 5.93. The molecule has 1 aromatic rings. The van der Waals surface area contributed by atoms with Crippen molar-refractivity contribution in [3.8, 4) is 0 Å². The summed E-state index contributed by atoms with van der Waals surface area (Å²) < 4.78 is 0. The Labute approximate surface area is 158 Å². The summed E-state index contributed by atoms with van der Waals surface area (Å²) in [5, 5.41) is 16.2. The van der Waals surface area contributed by atoms with Gasteiger partial charge in [-0.2, -0.15) is 0 Å². The molecular formula is C21H25N3O3. The van der Waals surface area contributed by atoms with E-state index < -0.39 is 12.6 Å². The third-order valence-electron chi connectivity index (χ3n) is 5.93. The fraction of sp³-hybridized carbons (Fsp3) is 0.429. The Morgan fingerprint density at radius 3 is 2.85 bits per heavy atom. The number of nitrogens with one attached hydrogen (secondary N) is 2. The first kappa shape index (κ1) is 17.8. The van der Waals surface area contributed by atoms with Gasteiger partial charge >= 0.3 is 0 Å². The molecule has 2 aliphatic heterocycles. The number of carbonyl (C=O) groups is 2. The minimum absolute atomic E-state index is 0.0559. The molecule has 142 valence electrons. The van der Waals surface area contributed by atoms with Crippen LogP contribution < -0.4 is 10.6 Å². The van der Waals surface area contributed by atoms with Crippen LogP contribution in [-0.2, 0) is 9.59 Å². The molecule has 0 unspecified atom stereocenters. The Kier molecular flexibility index (Phi) is 4.74. The summed E-state index contributed by atoms with van der Waals surface area (Å²) in [6, 6.07) is 7.21. The molecule has 4 rings (SSSR count). The van der Waals surface area contributed by atoms with Gasteiger partial charge in [0.25, 0.3) is 5.91 Å². The average Bonchev–Trinajstić information content (AvgIpc) is 2.98. The molecular weight excluding hydrogens is 342 g/mol. The third kappa shape index (κ3) is 2.94. The second-order valence-electron chi connectivity index (χ2n) is 7.37. The van der Waals surface area contributed by atoms with Crippen LogP contribution in [-0.4, -0.2) is 47.1 Å². The number of nitrogens with zero attached hydrogens (tertiary/aromatic N) is 1. The summed E-state index contributed by atoms with van der Waals surface area (Å²) in [4.78, 5) is 27.4. The van der Waals surface area contributed by atoms with Crippen LogP contribution in [0.3, 0.4) is 0 Å². The van der Waals surface area contributed by atoms with Crippen molar-refractivity contribution in [3.05, 3.63) is 53.2 Å². The first-order valence-corrected chi connectivity index (χ1v) is 9.57. The molecule has 0 radical (unpaired) electrons. The monoisotopic (exact) mass is 367 g/mol. The van der Waals surface area contributed by atoms with Gasteiger partial charge in [0, 0.05) is 11.7 Å². The van der Waals surface area contributed by atoms with Crippen molar-refractivity contribution in [3.63, 3.8) is 0 Å². The quantitative estimate of drug-likeness (QED) is 0.756. The minimum atomic E-state index is -0.569. The Bertz CT molecular complexity index is 817. The summed E-state index contributed by atoms with van der Waals surface area (Å²) in [6.07, 6.45) is 5.68. The van der Waals surface area contributed by atoms with E-state index in [0.29, 0.717) is 12.1 Å². The summed E-state index contributed by atoms with van der Waals surface area (Å²) in [6.45, 7) is 3.78. The highest BCUT2D eigenvalue weighted by Crippen LogP contribution is 2.41. The SMILES string of the molecule is C=Cc1ccccc1[C@@H]1C2=C(CNC2=O)N[C@@H]2CCCC[C@H]2N1C(=O)CO. The zero-order chi connectivity index (χ0) is 19.0. The van der Waals surface area contributed by atoms with E-state index in [-0.39, 0.29) is 23.9 Å².